The Morgan fingerprint density at radius 1 is 1.06 bits per heavy atom. The molecule has 1 saturated heterocycles. The summed E-state index contributed by atoms with van der Waals surface area (Å²) in [6, 6.07) is 12.6. The van der Waals surface area contributed by atoms with Crippen molar-refractivity contribution in [3.05, 3.63) is 60.4 Å². The second-order valence-electron chi connectivity index (χ2n) is 9.79. The van der Waals surface area contributed by atoms with Gasteiger partial charge in [-0.25, -0.2) is 0 Å². The molecule has 1 saturated carbocycles. The lowest BCUT2D eigenvalue weighted by atomic mass is 9.67. The lowest BCUT2D eigenvalue weighted by Gasteiger charge is -2.47. The summed E-state index contributed by atoms with van der Waals surface area (Å²) in [5.41, 5.74) is 4.09. The zero-order valence-electron chi connectivity index (χ0n) is 18.9. The van der Waals surface area contributed by atoms with Gasteiger partial charge in [0, 0.05) is 24.0 Å². The van der Waals surface area contributed by atoms with Gasteiger partial charge in [0.1, 0.15) is 0 Å². The van der Waals surface area contributed by atoms with Gasteiger partial charge in [0.15, 0.2) is 0 Å². The topological polar surface area (TPSA) is 16.1 Å². The summed E-state index contributed by atoms with van der Waals surface area (Å²) in [6.07, 6.45) is 3.13. The van der Waals surface area contributed by atoms with Crippen LogP contribution in [0.1, 0.15) is 56.7 Å². The molecule has 0 spiro atoms. The molecule has 2 nitrogen and oxygen atoms in total. The minimum Gasteiger partial charge on any atom is -0.302 e. The van der Waals surface area contributed by atoms with Gasteiger partial charge in [-0.3, -0.25) is 4.98 Å². The van der Waals surface area contributed by atoms with E-state index < -0.39 is 11.6 Å². The van der Waals surface area contributed by atoms with Crippen molar-refractivity contribution in [3.63, 3.8) is 0 Å². The first-order chi connectivity index (χ1) is 15.3. The molecule has 0 N–H and O–H groups in total. The minimum atomic E-state index is -4.06. The highest BCUT2D eigenvalue weighted by Crippen LogP contribution is 2.53. The molecule has 2 aliphatic rings. The predicted octanol–water partition coefficient (Wildman–Crippen LogP) is 7.16. The third-order valence-corrected chi connectivity index (χ3v) is 7.49. The van der Waals surface area contributed by atoms with Crippen molar-refractivity contribution in [2.24, 2.45) is 11.3 Å². The first-order valence-electron chi connectivity index (χ1n) is 11.8. The first kappa shape index (κ1) is 23.0. The Kier molecular flexibility index (Phi) is 6.75. The number of halogens is 3. The molecule has 32 heavy (non-hydrogen) atoms. The molecule has 0 bridgehead atoms. The van der Waals surface area contributed by atoms with Crippen LogP contribution in [0.3, 0.4) is 0 Å². The second-order valence-corrected chi connectivity index (χ2v) is 9.79. The molecule has 1 aromatic heterocycles. The lowest BCUT2D eigenvalue weighted by Crippen LogP contribution is -2.53. The lowest BCUT2D eigenvalue weighted by molar-refractivity contribution is -0.256. The summed E-state index contributed by atoms with van der Waals surface area (Å²) < 4.78 is 40.3. The van der Waals surface area contributed by atoms with E-state index in [4.69, 9.17) is 0 Å². The maximum Gasteiger partial charge on any atom is 0.395 e. The van der Waals surface area contributed by atoms with E-state index in [1.165, 1.54) is 0 Å². The molecule has 172 valence electrons. The van der Waals surface area contributed by atoms with E-state index in [0.29, 0.717) is 25.2 Å². The Balaban J connectivity index is 1.24. The number of likely N-dealkylation sites (tertiary alicyclic amines) is 1. The van der Waals surface area contributed by atoms with Gasteiger partial charge < -0.3 is 4.90 Å². The molecule has 2 heterocycles. The van der Waals surface area contributed by atoms with Crippen LogP contribution in [0.5, 0.6) is 0 Å². The van der Waals surface area contributed by atoms with Gasteiger partial charge in [-0.1, -0.05) is 48.9 Å². The number of allylic oxidation sites excluding steroid dienone is 1. The van der Waals surface area contributed by atoms with Crippen LogP contribution in [0.15, 0.2) is 49.2 Å². The maximum atomic E-state index is 13.4. The quantitative estimate of drug-likeness (QED) is 0.452. The number of aryl methyl sites for hydroxylation is 1. The third kappa shape index (κ3) is 5.09. The number of hydrogen-bond acceptors (Lipinski definition) is 2. The van der Waals surface area contributed by atoms with E-state index >= 15 is 0 Å². The highest BCUT2D eigenvalue weighted by Gasteiger charge is 2.58. The molecule has 0 radical (unpaired) electrons. The zero-order valence-corrected chi connectivity index (χ0v) is 18.9. The van der Waals surface area contributed by atoms with E-state index in [-0.39, 0.29) is 6.54 Å². The average Bonchev–Trinajstić information content (AvgIpc) is 2.75. The zero-order chi connectivity index (χ0) is 22.8. The smallest absolute Gasteiger partial charge is 0.302 e. The van der Waals surface area contributed by atoms with Gasteiger partial charge >= 0.3 is 6.18 Å². The monoisotopic (exact) mass is 442 g/mol. The summed E-state index contributed by atoms with van der Waals surface area (Å²) in [7, 11) is 0. The fourth-order valence-electron chi connectivity index (χ4n) is 5.04. The minimum absolute atomic E-state index is 0.194. The van der Waals surface area contributed by atoms with Gasteiger partial charge in [-0.05, 0) is 81.6 Å². The van der Waals surface area contributed by atoms with Crippen molar-refractivity contribution in [2.45, 2.75) is 58.0 Å². The van der Waals surface area contributed by atoms with Gasteiger partial charge in [0.25, 0.3) is 0 Å². The number of pyridine rings is 1. The van der Waals surface area contributed by atoms with Crippen molar-refractivity contribution in [2.75, 3.05) is 19.6 Å². The molecule has 0 unspecified atom stereocenters. The van der Waals surface area contributed by atoms with Crippen LogP contribution >= 0.6 is 0 Å². The number of benzene rings is 1. The van der Waals surface area contributed by atoms with Gasteiger partial charge in [-0.2, -0.15) is 13.2 Å². The summed E-state index contributed by atoms with van der Waals surface area (Å²) >= 11 is 0. The van der Waals surface area contributed by atoms with Crippen LogP contribution < -0.4 is 0 Å². The van der Waals surface area contributed by atoms with Crippen LogP contribution in [-0.2, 0) is 6.42 Å². The molecule has 0 amide bonds. The van der Waals surface area contributed by atoms with Gasteiger partial charge in [-0.15, -0.1) is 0 Å². The standard InChI is InChI=1S/C27H33F3N2/c1-20(2)22-5-7-23(8-6-22)24-9-11-25(31-18-24)10-4-21-12-16-32(17-13-21)19-26(14-3-15-26)27(28,29)30/h5-9,11,18,21H,1,3-4,10,12-17,19H2,2H3. The van der Waals surface area contributed by atoms with Crippen LogP contribution in [0, 0.1) is 11.3 Å². The number of piperidine rings is 1. The number of rotatable bonds is 7. The van der Waals surface area contributed by atoms with Crippen molar-refractivity contribution in [1.82, 2.24) is 9.88 Å². The number of alkyl halides is 3. The molecule has 5 heteroatoms. The van der Waals surface area contributed by atoms with Crippen LogP contribution in [0.2, 0.25) is 0 Å². The second kappa shape index (κ2) is 9.38. The highest BCUT2D eigenvalue weighted by molar-refractivity contribution is 5.68. The summed E-state index contributed by atoms with van der Waals surface area (Å²) in [5.74, 6) is 0.575. The van der Waals surface area contributed by atoms with E-state index in [1.54, 1.807) is 0 Å². The van der Waals surface area contributed by atoms with E-state index in [0.717, 1.165) is 66.7 Å². The van der Waals surface area contributed by atoms with Gasteiger partial charge in [0.2, 0.25) is 0 Å². The van der Waals surface area contributed by atoms with Crippen LogP contribution in [0.4, 0.5) is 13.2 Å². The SMILES string of the molecule is C=C(C)c1ccc(-c2ccc(CCC3CCN(CC4(C(F)(F)F)CCC4)CC3)nc2)cc1. The maximum absolute atomic E-state index is 13.4. The van der Waals surface area contributed by atoms with E-state index in [9.17, 15) is 13.2 Å². The summed E-state index contributed by atoms with van der Waals surface area (Å²) in [5, 5.41) is 0. The van der Waals surface area contributed by atoms with E-state index in [1.807, 2.05) is 13.1 Å². The Hall–Kier alpha value is -2.14. The molecule has 2 fully saturated rings. The summed E-state index contributed by atoms with van der Waals surface area (Å²) in [6.45, 7) is 7.74. The molecule has 2 aromatic rings. The van der Waals surface area contributed by atoms with Crippen molar-refractivity contribution in [1.29, 1.82) is 0 Å². The summed E-state index contributed by atoms with van der Waals surface area (Å²) in [4.78, 5) is 6.70. The molecule has 0 atom stereocenters. The molecule has 1 aliphatic heterocycles. The molecule has 1 aromatic carbocycles. The first-order valence-corrected chi connectivity index (χ1v) is 11.8. The molecule has 1 aliphatic carbocycles. The Bertz CT molecular complexity index is 903. The van der Waals surface area contributed by atoms with Gasteiger partial charge in [0.05, 0.1) is 5.41 Å². The third-order valence-electron chi connectivity index (χ3n) is 7.49. The van der Waals surface area contributed by atoms with Crippen molar-refractivity contribution >= 4 is 5.57 Å². The van der Waals surface area contributed by atoms with Crippen LogP contribution in [0.25, 0.3) is 16.7 Å². The molecular formula is C27H33F3N2. The number of nitrogens with zero attached hydrogens (tertiary/aromatic N) is 2. The Labute approximate surface area is 189 Å². The number of hydrogen-bond donors (Lipinski definition) is 0. The normalized spacial score (nSPS) is 19.5. The average molecular weight is 443 g/mol. The Morgan fingerprint density at radius 2 is 1.72 bits per heavy atom. The number of aromatic nitrogens is 1. The molecular weight excluding hydrogens is 409 g/mol. The Morgan fingerprint density at radius 3 is 2.22 bits per heavy atom. The van der Waals surface area contributed by atoms with Crippen molar-refractivity contribution in [3.8, 4) is 11.1 Å². The fourth-order valence-corrected chi connectivity index (χ4v) is 5.04. The van der Waals surface area contributed by atoms with Crippen LogP contribution in [-0.4, -0.2) is 35.7 Å². The van der Waals surface area contributed by atoms with E-state index in [2.05, 4.69) is 52.9 Å². The van der Waals surface area contributed by atoms with Crippen molar-refractivity contribution < 1.29 is 13.2 Å². The highest BCUT2D eigenvalue weighted by atomic mass is 19.4. The molecule has 4 rings (SSSR count). The fraction of sp³-hybridized carbons (Fsp3) is 0.519. The predicted molar refractivity (Wildman–Crippen MR) is 124 cm³/mol. The largest absolute Gasteiger partial charge is 0.395 e.